The van der Waals surface area contributed by atoms with Crippen molar-refractivity contribution in [1.29, 1.82) is 0 Å². The van der Waals surface area contributed by atoms with E-state index in [1.54, 1.807) is 0 Å². The van der Waals surface area contributed by atoms with Crippen LogP contribution in [0.5, 0.6) is 0 Å². The largest absolute Gasteiger partial charge is 0.121 e. The number of benzene rings is 2. The normalized spacial score (nSPS) is 12.7. The molecule has 2 aromatic carbocycles. The van der Waals surface area contributed by atoms with Gasteiger partial charge in [0.25, 0.3) is 0 Å². The van der Waals surface area contributed by atoms with Crippen molar-refractivity contribution in [2.24, 2.45) is 5.92 Å². The first-order valence-electron chi connectivity index (χ1n) is 8.18. The van der Waals surface area contributed by atoms with E-state index in [0.29, 0.717) is 11.8 Å². The fourth-order valence-electron chi connectivity index (χ4n) is 2.53. The highest BCUT2D eigenvalue weighted by molar-refractivity contribution is 7.98. The molecule has 0 heterocycles. The molecule has 0 saturated carbocycles. The highest BCUT2D eigenvalue weighted by Crippen LogP contribution is 2.31. The number of thioether (sulfide) groups is 1. The van der Waals surface area contributed by atoms with Gasteiger partial charge in [0.1, 0.15) is 0 Å². The molecule has 0 radical (unpaired) electrons. The van der Waals surface area contributed by atoms with Crippen molar-refractivity contribution < 1.29 is 0 Å². The zero-order chi connectivity index (χ0) is 16.3. The van der Waals surface area contributed by atoms with Gasteiger partial charge in [-0.15, -0.1) is 11.8 Å². The van der Waals surface area contributed by atoms with Gasteiger partial charge < -0.3 is 0 Å². The summed E-state index contributed by atoms with van der Waals surface area (Å²) in [5, 5.41) is 0. The minimum Gasteiger partial charge on any atom is -0.121 e. The third kappa shape index (κ3) is 4.16. The van der Waals surface area contributed by atoms with Crippen molar-refractivity contribution in [2.75, 3.05) is 0 Å². The molecule has 0 N–H and O–H groups in total. The van der Waals surface area contributed by atoms with Crippen molar-refractivity contribution in [3.05, 3.63) is 64.2 Å². The molecule has 2 rings (SSSR count). The Morgan fingerprint density at radius 1 is 0.864 bits per heavy atom. The Bertz CT molecular complexity index is 640. The van der Waals surface area contributed by atoms with E-state index in [2.05, 4.69) is 77.9 Å². The van der Waals surface area contributed by atoms with Crippen LogP contribution >= 0.6 is 11.8 Å². The van der Waals surface area contributed by atoms with E-state index in [1.807, 2.05) is 11.8 Å². The molecule has 0 unspecified atom stereocenters. The van der Waals surface area contributed by atoms with Crippen molar-refractivity contribution in [3.8, 4) is 0 Å². The summed E-state index contributed by atoms with van der Waals surface area (Å²) in [5.74, 6) is 2.35. The maximum atomic E-state index is 2.41. The maximum Gasteiger partial charge on any atom is 0.0234 e. The molecule has 0 saturated heterocycles. The van der Waals surface area contributed by atoms with Crippen LogP contribution in [0.15, 0.2) is 41.3 Å². The highest BCUT2D eigenvalue weighted by atomic mass is 32.2. The van der Waals surface area contributed by atoms with Gasteiger partial charge in [-0.05, 0) is 60.9 Å². The Balaban J connectivity index is 2.18. The van der Waals surface area contributed by atoms with E-state index >= 15 is 0 Å². The quantitative estimate of drug-likeness (QED) is 0.556. The lowest BCUT2D eigenvalue weighted by molar-refractivity contribution is 0.535. The van der Waals surface area contributed by atoms with Gasteiger partial charge in [-0.2, -0.15) is 0 Å². The number of rotatable bonds is 5. The van der Waals surface area contributed by atoms with Crippen molar-refractivity contribution in [3.63, 3.8) is 0 Å². The summed E-state index contributed by atoms with van der Waals surface area (Å²) in [6, 6.07) is 13.7. The van der Waals surface area contributed by atoms with Crippen LogP contribution in [0, 0.1) is 26.7 Å². The van der Waals surface area contributed by atoms with Crippen LogP contribution in [0.4, 0.5) is 0 Å². The molecule has 22 heavy (non-hydrogen) atoms. The van der Waals surface area contributed by atoms with Gasteiger partial charge in [-0.25, -0.2) is 0 Å². The number of hydrogen-bond acceptors (Lipinski definition) is 1. The predicted molar refractivity (Wildman–Crippen MR) is 99.9 cm³/mol. The first-order valence-corrected chi connectivity index (χ1v) is 9.16. The Morgan fingerprint density at radius 3 is 2.23 bits per heavy atom. The molecule has 0 fully saturated rings. The lowest BCUT2D eigenvalue weighted by Crippen LogP contribution is -2.03. The first kappa shape index (κ1) is 17.1. The second-order valence-corrected chi connectivity index (χ2v) is 7.79. The van der Waals surface area contributed by atoms with Gasteiger partial charge in [-0.3, -0.25) is 0 Å². The molecule has 1 atom stereocenters. The maximum absolute atomic E-state index is 2.41. The van der Waals surface area contributed by atoms with Crippen LogP contribution in [0.25, 0.3) is 0 Å². The summed E-state index contributed by atoms with van der Waals surface area (Å²) in [6.45, 7) is 13.5. The SMILES string of the molecule is Cc1ccc(C)c(SCc2cc([C@@H](C)C(C)C)ccc2C)c1. The van der Waals surface area contributed by atoms with Gasteiger partial charge in [0.05, 0.1) is 0 Å². The molecule has 0 aliphatic rings. The molecule has 0 aromatic heterocycles. The monoisotopic (exact) mass is 312 g/mol. The van der Waals surface area contributed by atoms with E-state index in [1.165, 1.54) is 32.7 Å². The fraction of sp³-hybridized carbons (Fsp3) is 0.429. The van der Waals surface area contributed by atoms with Crippen LogP contribution in [-0.4, -0.2) is 0 Å². The van der Waals surface area contributed by atoms with Gasteiger partial charge >= 0.3 is 0 Å². The van der Waals surface area contributed by atoms with E-state index < -0.39 is 0 Å². The zero-order valence-electron chi connectivity index (χ0n) is 14.7. The van der Waals surface area contributed by atoms with E-state index in [-0.39, 0.29) is 0 Å². The molecule has 1 heteroatoms. The fourth-order valence-corrected chi connectivity index (χ4v) is 3.72. The summed E-state index contributed by atoms with van der Waals surface area (Å²) in [7, 11) is 0. The topological polar surface area (TPSA) is 0 Å². The average molecular weight is 313 g/mol. The second kappa shape index (κ2) is 7.37. The predicted octanol–water partition coefficient (Wildman–Crippen LogP) is 6.66. The molecule has 0 aliphatic carbocycles. The minimum absolute atomic E-state index is 0.616. The van der Waals surface area contributed by atoms with E-state index in [0.717, 1.165) is 5.75 Å². The van der Waals surface area contributed by atoms with Gasteiger partial charge in [-0.1, -0.05) is 56.7 Å². The van der Waals surface area contributed by atoms with Crippen LogP contribution in [-0.2, 0) is 5.75 Å². The molecular weight excluding hydrogens is 284 g/mol. The Hall–Kier alpha value is -1.21. The summed E-state index contributed by atoms with van der Waals surface area (Å²) in [4.78, 5) is 1.40. The summed E-state index contributed by atoms with van der Waals surface area (Å²) in [5.41, 5.74) is 7.05. The van der Waals surface area contributed by atoms with Gasteiger partial charge in [0, 0.05) is 10.6 Å². The molecule has 0 aliphatic heterocycles. The Kier molecular flexibility index (Phi) is 5.74. The third-order valence-corrected chi connectivity index (χ3v) is 5.83. The molecule has 0 spiro atoms. The standard InChI is InChI=1S/C21H28S/c1-14(2)18(6)19-10-9-16(4)20(12-19)13-22-21-11-15(3)7-8-17(21)5/h7-12,14,18H,13H2,1-6H3/t18-/m0/s1. The third-order valence-electron chi connectivity index (χ3n) is 4.63. The average Bonchev–Trinajstić information content (AvgIpc) is 2.48. The van der Waals surface area contributed by atoms with Crippen LogP contribution < -0.4 is 0 Å². The summed E-state index contributed by atoms with van der Waals surface area (Å²) < 4.78 is 0. The summed E-state index contributed by atoms with van der Waals surface area (Å²) in [6.07, 6.45) is 0. The van der Waals surface area contributed by atoms with E-state index in [4.69, 9.17) is 0 Å². The van der Waals surface area contributed by atoms with Gasteiger partial charge in [0.15, 0.2) is 0 Å². The Labute approximate surface area is 140 Å². The molecule has 0 bridgehead atoms. The van der Waals surface area contributed by atoms with Crippen molar-refractivity contribution in [2.45, 2.75) is 58.1 Å². The molecule has 0 amide bonds. The number of aryl methyl sites for hydroxylation is 3. The van der Waals surface area contributed by atoms with Crippen LogP contribution in [0.1, 0.15) is 54.5 Å². The first-order chi connectivity index (χ1) is 10.4. The molecule has 2 aromatic rings. The zero-order valence-corrected chi connectivity index (χ0v) is 15.6. The van der Waals surface area contributed by atoms with Crippen LogP contribution in [0.3, 0.4) is 0 Å². The molecular formula is C21H28S. The lowest BCUT2D eigenvalue weighted by Gasteiger charge is -2.18. The molecule has 0 nitrogen and oxygen atoms in total. The van der Waals surface area contributed by atoms with Crippen LogP contribution in [0.2, 0.25) is 0 Å². The van der Waals surface area contributed by atoms with Crippen molar-refractivity contribution in [1.82, 2.24) is 0 Å². The smallest absolute Gasteiger partial charge is 0.0234 e. The minimum atomic E-state index is 0.616. The Morgan fingerprint density at radius 2 is 1.55 bits per heavy atom. The summed E-state index contributed by atoms with van der Waals surface area (Å²) >= 11 is 1.96. The van der Waals surface area contributed by atoms with E-state index in [9.17, 15) is 0 Å². The highest BCUT2D eigenvalue weighted by Gasteiger charge is 2.12. The van der Waals surface area contributed by atoms with Gasteiger partial charge in [0.2, 0.25) is 0 Å². The lowest BCUT2D eigenvalue weighted by atomic mass is 9.89. The molecule has 118 valence electrons. The number of hydrogen-bond donors (Lipinski definition) is 0. The van der Waals surface area contributed by atoms with Crippen molar-refractivity contribution >= 4 is 11.8 Å². The second-order valence-electron chi connectivity index (χ2n) is 6.78.